The molecule has 0 atom stereocenters. The van der Waals surface area contributed by atoms with Crippen molar-refractivity contribution < 1.29 is 24.0 Å². The van der Waals surface area contributed by atoms with Crippen LogP contribution in [-0.4, -0.2) is 41.6 Å². The van der Waals surface area contributed by atoms with E-state index in [1.165, 1.54) is 24.3 Å². The van der Waals surface area contributed by atoms with Crippen LogP contribution >= 0.6 is 0 Å². The number of ether oxygens (including phenoxy) is 2. The third-order valence-electron chi connectivity index (χ3n) is 3.56. The smallest absolute Gasteiger partial charge is 0.429 e. The van der Waals surface area contributed by atoms with E-state index in [0.717, 1.165) is 19.3 Å². The van der Waals surface area contributed by atoms with Crippen LogP contribution in [0.1, 0.15) is 19.3 Å². The van der Waals surface area contributed by atoms with Crippen LogP contribution < -0.4 is 4.74 Å². The maximum absolute atomic E-state index is 12.1. The lowest BCUT2D eigenvalue weighted by Crippen LogP contribution is -2.37. The fraction of sp³-hybridized carbons (Fsp3) is 0.375. The van der Waals surface area contributed by atoms with E-state index < -0.39 is 11.1 Å². The molecule has 0 bridgehead atoms. The van der Waals surface area contributed by atoms with Gasteiger partial charge in [-0.05, 0) is 31.4 Å². The lowest BCUT2D eigenvalue weighted by atomic mass is 10.1. The van der Waals surface area contributed by atoms with Crippen LogP contribution in [0.15, 0.2) is 36.4 Å². The van der Waals surface area contributed by atoms with Gasteiger partial charge in [-0.1, -0.05) is 6.58 Å². The van der Waals surface area contributed by atoms with Crippen molar-refractivity contribution in [3.05, 3.63) is 46.5 Å². The van der Waals surface area contributed by atoms with Gasteiger partial charge in [-0.25, -0.2) is 4.79 Å². The molecule has 1 fully saturated rings. The summed E-state index contributed by atoms with van der Waals surface area (Å²) in [4.78, 5) is 35.4. The number of benzene rings is 1. The van der Waals surface area contributed by atoms with Gasteiger partial charge in [0.2, 0.25) is 0 Å². The molecule has 1 amide bonds. The van der Waals surface area contributed by atoms with Crippen LogP contribution in [0.2, 0.25) is 0 Å². The molecule has 128 valence electrons. The number of hydrogen-bond acceptors (Lipinski definition) is 6. The Morgan fingerprint density at radius 1 is 1.17 bits per heavy atom. The molecular weight excluding hydrogens is 316 g/mol. The van der Waals surface area contributed by atoms with E-state index in [1.54, 1.807) is 4.90 Å². The number of rotatable bonds is 5. The van der Waals surface area contributed by atoms with Crippen LogP contribution in [0.4, 0.5) is 10.5 Å². The fourth-order valence-electron chi connectivity index (χ4n) is 2.29. The summed E-state index contributed by atoms with van der Waals surface area (Å²) >= 11 is 0. The molecule has 0 N–H and O–H groups in total. The number of non-ortho nitro benzene ring substituents is 1. The van der Waals surface area contributed by atoms with E-state index in [2.05, 4.69) is 6.58 Å². The fourth-order valence-corrected chi connectivity index (χ4v) is 2.29. The summed E-state index contributed by atoms with van der Waals surface area (Å²) in [6, 6.07) is 4.99. The first-order chi connectivity index (χ1) is 11.5. The van der Waals surface area contributed by atoms with Crippen molar-refractivity contribution in [1.82, 2.24) is 4.90 Å². The SMILES string of the molecule is C=C(COC(=O)Oc1ccc([N+](=O)[O-])cc1)C(=O)N1CCCCC1. The molecule has 1 aliphatic heterocycles. The summed E-state index contributed by atoms with van der Waals surface area (Å²) in [5.41, 5.74) is 0.0637. The van der Waals surface area contributed by atoms with Gasteiger partial charge in [0, 0.05) is 30.8 Å². The van der Waals surface area contributed by atoms with Gasteiger partial charge in [-0.15, -0.1) is 0 Å². The van der Waals surface area contributed by atoms with Gasteiger partial charge in [0.05, 0.1) is 4.92 Å². The number of carbonyl (C=O) groups excluding carboxylic acids is 2. The molecule has 1 aliphatic rings. The molecule has 8 heteroatoms. The lowest BCUT2D eigenvalue weighted by Gasteiger charge is -2.27. The van der Waals surface area contributed by atoms with Crippen LogP contribution in [-0.2, 0) is 9.53 Å². The quantitative estimate of drug-likeness (QED) is 0.270. The average molecular weight is 334 g/mol. The van der Waals surface area contributed by atoms with E-state index >= 15 is 0 Å². The number of nitro benzene ring substituents is 1. The van der Waals surface area contributed by atoms with Gasteiger partial charge < -0.3 is 14.4 Å². The van der Waals surface area contributed by atoms with Crippen molar-refractivity contribution in [2.75, 3.05) is 19.7 Å². The van der Waals surface area contributed by atoms with E-state index in [1.807, 2.05) is 0 Å². The third-order valence-corrected chi connectivity index (χ3v) is 3.56. The van der Waals surface area contributed by atoms with Crippen molar-refractivity contribution >= 4 is 17.7 Å². The summed E-state index contributed by atoms with van der Waals surface area (Å²) in [6.45, 7) is 4.75. The molecule has 24 heavy (non-hydrogen) atoms. The Morgan fingerprint density at radius 3 is 2.38 bits per heavy atom. The highest BCUT2D eigenvalue weighted by atomic mass is 16.7. The van der Waals surface area contributed by atoms with Gasteiger partial charge in [0.1, 0.15) is 12.4 Å². The summed E-state index contributed by atoms with van der Waals surface area (Å²) < 4.78 is 9.73. The number of amides is 1. The molecule has 0 aromatic heterocycles. The Kier molecular flexibility index (Phi) is 5.89. The van der Waals surface area contributed by atoms with Gasteiger partial charge in [-0.2, -0.15) is 0 Å². The van der Waals surface area contributed by atoms with E-state index in [4.69, 9.17) is 9.47 Å². The Balaban J connectivity index is 1.78. The van der Waals surface area contributed by atoms with Crippen molar-refractivity contribution in [3.63, 3.8) is 0 Å². The largest absolute Gasteiger partial charge is 0.514 e. The minimum Gasteiger partial charge on any atom is -0.429 e. The van der Waals surface area contributed by atoms with Crippen molar-refractivity contribution in [3.8, 4) is 5.75 Å². The van der Waals surface area contributed by atoms with Crippen LogP contribution in [0.25, 0.3) is 0 Å². The highest BCUT2D eigenvalue weighted by Gasteiger charge is 2.20. The molecule has 1 saturated heterocycles. The maximum atomic E-state index is 12.1. The first-order valence-corrected chi connectivity index (χ1v) is 7.53. The molecule has 0 aliphatic carbocycles. The van der Waals surface area contributed by atoms with Gasteiger partial charge in [0.15, 0.2) is 0 Å². The number of nitro groups is 1. The monoisotopic (exact) mass is 334 g/mol. The van der Waals surface area contributed by atoms with Gasteiger partial charge in [0.25, 0.3) is 11.6 Å². The maximum Gasteiger partial charge on any atom is 0.514 e. The first kappa shape index (κ1) is 17.5. The Hall–Kier alpha value is -2.90. The summed E-state index contributed by atoms with van der Waals surface area (Å²) in [7, 11) is 0. The molecule has 0 spiro atoms. The number of nitrogens with zero attached hydrogens (tertiary/aromatic N) is 2. The molecule has 8 nitrogen and oxygen atoms in total. The third kappa shape index (κ3) is 4.80. The van der Waals surface area contributed by atoms with Crippen LogP contribution in [0, 0.1) is 10.1 Å². The Labute approximate surface area is 138 Å². The van der Waals surface area contributed by atoms with Gasteiger partial charge in [-0.3, -0.25) is 14.9 Å². The molecule has 0 radical (unpaired) electrons. The van der Waals surface area contributed by atoms with Crippen molar-refractivity contribution in [1.29, 1.82) is 0 Å². The topological polar surface area (TPSA) is 99.0 Å². The predicted octanol–water partition coefficient (Wildman–Crippen LogP) is 2.68. The number of hydrogen-bond donors (Lipinski definition) is 0. The lowest BCUT2D eigenvalue weighted by molar-refractivity contribution is -0.384. The van der Waals surface area contributed by atoms with Gasteiger partial charge >= 0.3 is 6.16 Å². The number of carbonyl (C=O) groups is 2. The highest BCUT2D eigenvalue weighted by molar-refractivity contribution is 5.93. The first-order valence-electron chi connectivity index (χ1n) is 7.53. The number of likely N-dealkylation sites (tertiary alicyclic amines) is 1. The molecule has 1 aromatic carbocycles. The van der Waals surface area contributed by atoms with Crippen molar-refractivity contribution in [2.45, 2.75) is 19.3 Å². The second-order valence-corrected chi connectivity index (χ2v) is 5.35. The Morgan fingerprint density at radius 2 is 1.79 bits per heavy atom. The summed E-state index contributed by atoms with van der Waals surface area (Å²) in [5, 5.41) is 10.5. The number of piperidine rings is 1. The molecule has 1 heterocycles. The van der Waals surface area contributed by atoms with Crippen molar-refractivity contribution in [2.24, 2.45) is 0 Å². The molecule has 1 aromatic rings. The molecule has 2 rings (SSSR count). The molecular formula is C16H18N2O6. The van der Waals surface area contributed by atoms with Crippen LogP contribution in [0.3, 0.4) is 0 Å². The van der Waals surface area contributed by atoms with E-state index in [0.29, 0.717) is 13.1 Å². The summed E-state index contributed by atoms with van der Waals surface area (Å²) in [5.74, 6) is -0.114. The standard InChI is InChI=1S/C16H18N2O6/c1-12(15(19)17-9-3-2-4-10-17)11-23-16(20)24-14-7-5-13(6-8-14)18(21)22/h5-8H,1-4,9-11H2. The Bertz CT molecular complexity index is 634. The normalized spacial score (nSPS) is 13.9. The van der Waals surface area contributed by atoms with E-state index in [-0.39, 0.29) is 29.5 Å². The zero-order valence-corrected chi connectivity index (χ0v) is 13.1. The molecule has 0 saturated carbocycles. The predicted molar refractivity (Wildman–Crippen MR) is 84.6 cm³/mol. The van der Waals surface area contributed by atoms with Crippen LogP contribution in [0.5, 0.6) is 5.75 Å². The zero-order chi connectivity index (χ0) is 17.5. The summed E-state index contributed by atoms with van der Waals surface area (Å²) in [6.07, 6.45) is 2.02. The molecule has 0 unspecified atom stereocenters. The second kappa shape index (κ2) is 8.09. The van der Waals surface area contributed by atoms with E-state index in [9.17, 15) is 19.7 Å². The minimum atomic E-state index is -1.00. The average Bonchev–Trinajstić information content (AvgIpc) is 2.60. The minimum absolute atomic E-state index is 0.110. The zero-order valence-electron chi connectivity index (χ0n) is 13.1. The second-order valence-electron chi connectivity index (χ2n) is 5.35. The highest BCUT2D eigenvalue weighted by Crippen LogP contribution is 2.18.